The van der Waals surface area contributed by atoms with Gasteiger partial charge in [-0.1, -0.05) is 6.07 Å². The Hall–Kier alpha value is -3.03. The first-order chi connectivity index (χ1) is 11.0. The van der Waals surface area contributed by atoms with E-state index in [1.807, 2.05) is 19.1 Å². The van der Waals surface area contributed by atoms with Gasteiger partial charge in [0.15, 0.2) is 17.3 Å². The van der Waals surface area contributed by atoms with Crippen LogP contribution in [0.2, 0.25) is 0 Å². The van der Waals surface area contributed by atoms with Crippen molar-refractivity contribution in [2.24, 2.45) is 0 Å². The molecule has 8 nitrogen and oxygen atoms in total. The molecule has 0 fully saturated rings. The minimum absolute atomic E-state index is 0.0962. The number of nitrogens with one attached hydrogen (secondary N) is 1. The number of hydrogen-bond donors (Lipinski definition) is 2. The second-order valence-corrected chi connectivity index (χ2v) is 5.08. The van der Waals surface area contributed by atoms with Crippen LogP contribution in [0, 0.1) is 0 Å². The van der Waals surface area contributed by atoms with Gasteiger partial charge in [-0.25, -0.2) is 4.98 Å². The van der Waals surface area contributed by atoms with E-state index < -0.39 is 18.1 Å². The van der Waals surface area contributed by atoms with E-state index in [1.54, 1.807) is 6.07 Å². The van der Waals surface area contributed by atoms with Gasteiger partial charge < -0.3 is 19.9 Å². The molecule has 2 aromatic rings. The molecule has 0 saturated heterocycles. The van der Waals surface area contributed by atoms with Crippen LogP contribution in [0.25, 0.3) is 0 Å². The van der Waals surface area contributed by atoms with Crippen LogP contribution in [0.15, 0.2) is 35.4 Å². The third-order valence-electron chi connectivity index (χ3n) is 3.47. The molecule has 1 aliphatic rings. The molecule has 0 bridgehead atoms. The Balaban J connectivity index is 1.81. The summed E-state index contributed by atoms with van der Waals surface area (Å²) in [6, 6.07) is 5.28. The fraction of sp³-hybridized carbons (Fsp3) is 0.267. The zero-order valence-electron chi connectivity index (χ0n) is 12.4. The molecule has 3 rings (SSSR count). The Morgan fingerprint density at radius 2 is 2.22 bits per heavy atom. The lowest BCUT2D eigenvalue weighted by Crippen LogP contribution is -2.27. The maximum absolute atomic E-state index is 12.2. The molecular weight excluding hydrogens is 302 g/mol. The van der Waals surface area contributed by atoms with Gasteiger partial charge in [0.25, 0.3) is 5.56 Å². The molecule has 1 aliphatic heterocycles. The summed E-state index contributed by atoms with van der Waals surface area (Å²) in [5, 5.41) is 11.8. The number of hydrogen-bond acceptors (Lipinski definition) is 6. The number of anilines is 1. The Morgan fingerprint density at radius 3 is 3.00 bits per heavy atom. The molecule has 1 unspecified atom stereocenters. The molecule has 0 radical (unpaired) electrons. The Morgan fingerprint density at radius 1 is 1.43 bits per heavy atom. The second-order valence-electron chi connectivity index (χ2n) is 5.08. The van der Waals surface area contributed by atoms with Gasteiger partial charge in [0, 0.05) is 12.4 Å². The number of rotatable bonds is 5. The maximum Gasteiger partial charge on any atom is 0.323 e. The largest absolute Gasteiger partial charge is 0.480 e. The number of carbonyl (C=O) groups is 1. The average molecular weight is 317 g/mol. The van der Waals surface area contributed by atoms with Crippen LogP contribution in [0.1, 0.15) is 18.5 Å². The fourth-order valence-electron chi connectivity index (χ4n) is 2.29. The van der Waals surface area contributed by atoms with Gasteiger partial charge in [0.2, 0.25) is 6.79 Å². The minimum Gasteiger partial charge on any atom is -0.480 e. The molecule has 0 amide bonds. The highest BCUT2D eigenvalue weighted by molar-refractivity contribution is 5.66. The first kappa shape index (κ1) is 14.9. The van der Waals surface area contributed by atoms with Crippen LogP contribution in [0.4, 0.5) is 5.82 Å². The summed E-state index contributed by atoms with van der Waals surface area (Å²) in [5.74, 6) is 0.343. The van der Waals surface area contributed by atoms with Crippen molar-refractivity contribution < 1.29 is 19.4 Å². The van der Waals surface area contributed by atoms with E-state index in [2.05, 4.69) is 10.3 Å². The molecule has 23 heavy (non-hydrogen) atoms. The molecule has 0 saturated carbocycles. The monoisotopic (exact) mass is 317 g/mol. The number of ether oxygens (including phenoxy) is 2. The van der Waals surface area contributed by atoms with E-state index in [0.717, 1.165) is 10.1 Å². The normalized spacial score (nSPS) is 13.6. The van der Waals surface area contributed by atoms with Crippen molar-refractivity contribution in [1.29, 1.82) is 0 Å². The van der Waals surface area contributed by atoms with Crippen molar-refractivity contribution in [3.8, 4) is 11.5 Å². The van der Waals surface area contributed by atoms with Crippen LogP contribution in [0.3, 0.4) is 0 Å². The van der Waals surface area contributed by atoms with Crippen molar-refractivity contribution >= 4 is 11.8 Å². The Bertz CT molecular complexity index is 802. The molecule has 0 aliphatic carbocycles. The SMILES string of the molecule is CC(Nc1nccn(CC(=O)O)c1=O)c1ccc2c(c1)OCO2. The molecule has 1 atom stereocenters. The summed E-state index contributed by atoms with van der Waals surface area (Å²) in [6.07, 6.45) is 2.73. The standard InChI is InChI=1S/C15H15N3O5/c1-9(10-2-3-11-12(6-10)23-8-22-11)17-14-15(21)18(5-4-16-14)7-13(19)20/h2-6,9H,7-8H2,1H3,(H,16,17)(H,19,20). The van der Waals surface area contributed by atoms with Crippen LogP contribution >= 0.6 is 0 Å². The van der Waals surface area contributed by atoms with Gasteiger partial charge in [-0.05, 0) is 24.6 Å². The molecule has 1 aromatic heterocycles. The highest BCUT2D eigenvalue weighted by Crippen LogP contribution is 2.34. The number of aliphatic carboxylic acids is 1. The quantitative estimate of drug-likeness (QED) is 0.855. The third-order valence-corrected chi connectivity index (χ3v) is 3.47. The molecule has 0 spiro atoms. The van der Waals surface area contributed by atoms with Crippen LogP contribution in [-0.4, -0.2) is 27.4 Å². The highest BCUT2D eigenvalue weighted by Gasteiger charge is 2.17. The van der Waals surface area contributed by atoms with Crippen LogP contribution < -0.4 is 20.3 Å². The topological polar surface area (TPSA) is 103 Å². The van der Waals surface area contributed by atoms with Crippen molar-refractivity contribution in [3.05, 3.63) is 46.5 Å². The molecule has 8 heteroatoms. The van der Waals surface area contributed by atoms with E-state index >= 15 is 0 Å². The molecule has 1 aromatic carbocycles. The average Bonchev–Trinajstić information content (AvgIpc) is 2.98. The summed E-state index contributed by atoms with van der Waals surface area (Å²) < 4.78 is 11.7. The predicted octanol–water partition coefficient (Wildman–Crippen LogP) is 1.23. The number of nitrogens with zero attached hydrogens (tertiary/aromatic N) is 2. The smallest absolute Gasteiger partial charge is 0.323 e. The Kier molecular flexibility index (Phi) is 3.88. The molecule has 2 N–H and O–H groups in total. The molecule has 2 heterocycles. The van der Waals surface area contributed by atoms with Crippen molar-refractivity contribution in [2.75, 3.05) is 12.1 Å². The summed E-state index contributed by atoms with van der Waals surface area (Å²) in [6.45, 7) is 1.66. The van der Waals surface area contributed by atoms with Gasteiger partial charge in [-0.15, -0.1) is 0 Å². The lowest BCUT2D eigenvalue weighted by Gasteiger charge is -2.15. The Labute approximate surface area is 131 Å². The summed E-state index contributed by atoms with van der Waals surface area (Å²) in [4.78, 5) is 26.9. The van der Waals surface area contributed by atoms with E-state index in [9.17, 15) is 9.59 Å². The fourth-order valence-corrected chi connectivity index (χ4v) is 2.29. The zero-order valence-corrected chi connectivity index (χ0v) is 12.4. The first-order valence-corrected chi connectivity index (χ1v) is 6.98. The number of aromatic nitrogens is 2. The van der Waals surface area contributed by atoms with Crippen LogP contribution in [0.5, 0.6) is 11.5 Å². The summed E-state index contributed by atoms with van der Waals surface area (Å²) in [5.41, 5.74) is 0.409. The highest BCUT2D eigenvalue weighted by atomic mass is 16.7. The number of benzene rings is 1. The number of carboxylic acids is 1. The molecule has 120 valence electrons. The van der Waals surface area contributed by atoms with E-state index in [4.69, 9.17) is 14.6 Å². The van der Waals surface area contributed by atoms with Gasteiger partial charge in [0.05, 0.1) is 6.04 Å². The van der Waals surface area contributed by atoms with Crippen molar-refractivity contribution in [3.63, 3.8) is 0 Å². The molecular formula is C15H15N3O5. The van der Waals surface area contributed by atoms with Gasteiger partial charge in [-0.2, -0.15) is 0 Å². The van der Waals surface area contributed by atoms with Gasteiger partial charge in [-0.3, -0.25) is 14.2 Å². The van der Waals surface area contributed by atoms with E-state index in [0.29, 0.717) is 11.5 Å². The third kappa shape index (κ3) is 3.10. The van der Waals surface area contributed by atoms with Crippen molar-refractivity contribution in [2.45, 2.75) is 19.5 Å². The summed E-state index contributed by atoms with van der Waals surface area (Å²) in [7, 11) is 0. The summed E-state index contributed by atoms with van der Waals surface area (Å²) >= 11 is 0. The second kappa shape index (κ2) is 5.99. The minimum atomic E-state index is -1.09. The van der Waals surface area contributed by atoms with Gasteiger partial charge in [0.1, 0.15) is 6.54 Å². The lowest BCUT2D eigenvalue weighted by atomic mass is 10.1. The lowest BCUT2D eigenvalue weighted by molar-refractivity contribution is -0.137. The predicted molar refractivity (Wildman–Crippen MR) is 80.7 cm³/mol. The van der Waals surface area contributed by atoms with E-state index in [-0.39, 0.29) is 18.7 Å². The van der Waals surface area contributed by atoms with E-state index in [1.165, 1.54) is 12.4 Å². The van der Waals surface area contributed by atoms with Gasteiger partial charge >= 0.3 is 5.97 Å². The zero-order chi connectivity index (χ0) is 16.4. The van der Waals surface area contributed by atoms with Crippen LogP contribution in [-0.2, 0) is 11.3 Å². The maximum atomic E-state index is 12.2. The number of fused-ring (bicyclic) bond motifs is 1. The first-order valence-electron chi connectivity index (χ1n) is 6.98. The number of carboxylic acid groups (broad SMARTS) is 1. The van der Waals surface area contributed by atoms with Crippen molar-refractivity contribution in [1.82, 2.24) is 9.55 Å².